The van der Waals surface area contributed by atoms with E-state index in [2.05, 4.69) is 20.7 Å². The third-order valence-corrected chi connectivity index (χ3v) is 6.64. The van der Waals surface area contributed by atoms with Gasteiger partial charge < -0.3 is 11.1 Å². The first-order valence-electron chi connectivity index (χ1n) is 12.8. The summed E-state index contributed by atoms with van der Waals surface area (Å²) in [5.41, 5.74) is 9.32. The fourth-order valence-corrected chi connectivity index (χ4v) is 4.53. The molecule has 14 heteroatoms. The van der Waals surface area contributed by atoms with Crippen LogP contribution in [0, 0.1) is 6.92 Å². The molecule has 5 rings (SSSR count). The van der Waals surface area contributed by atoms with Crippen LogP contribution in [0.15, 0.2) is 79.0 Å². The van der Waals surface area contributed by atoms with Crippen LogP contribution in [-0.4, -0.2) is 35.0 Å². The highest BCUT2D eigenvalue weighted by Gasteiger charge is 2.33. The van der Waals surface area contributed by atoms with Crippen LogP contribution in [-0.2, 0) is 12.7 Å². The number of urea groups is 2. The van der Waals surface area contributed by atoms with E-state index in [1.807, 2.05) is 0 Å². The van der Waals surface area contributed by atoms with E-state index in [4.69, 9.17) is 5.73 Å². The normalized spacial score (nSPS) is 12.9. The number of fused-ring (bicyclic) bond motifs is 1. The summed E-state index contributed by atoms with van der Waals surface area (Å²) in [5.74, 6) is -0.348. The topological polar surface area (TPSA) is 137 Å². The second-order valence-corrected chi connectivity index (χ2v) is 9.63. The number of anilines is 5. The molecule has 5 amide bonds. The predicted molar refractivity (Wildman–Crippen MR) is 154 cm³/mol. The number of nitrogens with zero attached hydrogens (tertiary/aromatic N) is 5. The zero-order chi connectivity index (χ0) is 30.9. The van der Waals surface area contributed by atoms with Crippen LogP contribution in [0.5, 0.6) is 0 Å². The number of aryl methyl sites for hydroxylation is 1. The first kappa shape index (κ1) is 28.9. The van der Waals surface area contributed by atoms with Crippen LogP contribution >= 0.6 is 0 Å². The first-order valence-corrected chi connectivity index (χ1v) is 12.8. The van der Waals surface area contributed by atoms with Crippen molar-refractivity contribution in [2.45, 2.75) is 19.6 Å². The smallest absolute Gasteiger partial charge is 0.350 e. The van der Waals surface area contributed by atoms with Crippen molar-refractivity contribution in [2.75, 3.05) is 27.2 Å². The molecule has 0 radical (unpaired) electrons. The number of hydrazine groups is 1. The summed E-state index contributed by atoms with van der Waals surface area (Å²) >= 11 is 0. The highest BCUT2D eigenvalue weighted by Crippen LogP contribution is 2.34. The molecule has 43 heavy (non-hydrogen) atoms. The molecular formula is C29H25F3N8O3. The number of alkyl halides is 3. The maximum atomic E-state index is 13.6. The quantitative estimate of drug-likeness (QED) is 0.259. The molecule has 1 aromatic heterocycles. The van der Waals surface area contributed by atoms with Crippen LogP contribution in [0.1, 0.15) is 27.0 Å². The highest BCUT2D eigenvalue weighted by atomic mass is 19.4. The minimum absolute atomic E-state index is 0.0762. The second kappa shape index (κ2) is 11.3. The number of para-hydroxylation sites is 1. The summed E-state index contributed by atoms with van der Waals surface area (Å²) in [4.78, 5) is 49.7. The lowest BCUT2D eigenvalue weighted by atomic mass is 10.1. The summed E-state index contributed by atoms with van der Waals surface area (Å²) in [6, 6.07) is 16.4. The van der Waals surface area contributed by atoms with E-state index in [1.165, 1.54) is 34.1 Å². The van der Waals surface area contributed by atoms with Crippen molar-refractivity contribution in [3.63, 3.8) is 0 Å². The average molecular weight is 591 g/mol. The number of carbonyl (C=O) groups excluding carboxylic acids is 3. The number of aromatic nitrogens is 2. The molecule has 0 fully saturated rings. The Morgan fingerprint density at radius 2 is 1.77 bits per heavy atom. The lowest BCUT2D eigenvalue weighted by Gasteiger charge is -2.35. The molecule has 0 bridgehead atoms. The predicted octanol–water partition coefficient (Wildman–Crippen LogP) is 5.35. The van der Waals surface area contributed by atoms with Crippen molar-refractivity contribution < 1.29 is 27.6 Å². The molecule has 220 valence electrons. The molecule has 0 aliphatic carbocycles. The van der Waals surface area contributed by atoms with E-state index < -0.39 is 29.7 Å². The van der Waals surface area contributed by atoms with E-state index in [0.717, 1.165) is 18.2 Å². The summed E-state index contributed by atoms with van der Waals surface area (Å²) in [5, 5.41) is 3.91. The number of nitrogens with two attached hydrogens (primary N) is 1. The maximum absolute atomic E-state index is 13.6. The number of amides is 5. The van der Waals surface area contributed by atoms with Crippen molar-refractivity contribution in [2.24, 2.45) is 5.73 Å². The van der Waals surface area contributed by atoms with Crippen LogP contribution in [0.3, 0.4) is 0 Å². The van der Waals surface area contributed by atoms with Gasteiger partial charge in [-0.05, 0) is 55.0 Å². The molecule has 0 unspecified atom stereocenters. The van der Waals surface area contributed by atoms with E-state index in [9.17, 15) is 27.6 Å². The Morgan fingerprint density at radius 1 is 1.02 bits per heavy atom. The average Bonchev–Trinajstić information content (AvgIpc) is 2.98. The lowest BCUT2D eigenvalue weighted by Crippen LogP contribution is -2.47. The van der Waals surface area contributed by atoms with Gasteiger partial charge in [0.15, 0.2) is 0 Å². The number of carbonyl (C=O) groups is 3. The van der Waals surface area contributed by atoms with Crippen LogP contribution in [0.25, 0.3) is 0 Å². The molecule has 11 nitrogen and oxygen atoms in total. The van der Waals surface area contributed by atoms with E-state index in [0.29, 0.717) is 28.3 Å². The van der Waals surface area contributed by atoms with Gasteiger partial charge in [-0.25, -0.2) is 25.0 Å². The molecule has 0 atom stereocenters. The fraction of sp³-hybridized carbons (Fsp3) is 0.138. The van der Waals surface area contributed by atoms with E-state index in [-0.39, 0.29) is 23.7 Å². The number of primary amides is 1. The molecule has 0 spiro atoms. The van der Waals surface area contributed by atoms with Crippen molar-refractivity contribution >= 4 is 46.8 Å². The number of rotatable bonds is 6. The maximum Gasteiger partial charge on any atom is 0.416 e. The third-order valence-electron chi connectivity index (χ3n) is 6.64. The van der Waals surface area contributed by atoms with Crippen molar-refractivity contribution in [1.29, 1.82) is 0 Å². The van der Waals surface area contributed by atoms with Gasteiger partial charge in [0.05, 0.1) is 23.5 Å². The minimum atomic E-state index is -4.59. The number of benzene rings is 3. The number of halogens is 3. The molecule has 4 aromatic rings. The molecule has 3 aromatic carbocycles. The summed E-state index contributed by atoms with van der Waals surface area (Å²) in [7, 11) is 1.53. The van der Waals surface area contributed by atoms with Gasteiger partial charge in [0.1, 0.15) is 5.82 Å². The molecule has 4 N–H and O–H groups in total. The van der Waals surface area contributed by atoms with Crippen molar-refractivity contribution in [3.8, 4) is 0 Å². The largest absolute Gasteiger partial charge is 0.416 e. The Morgan fingerprint density at radius 3 is 2.47 bits per heavy atom. The Kier molecular flexibility index (Phi) is 7.59. The summed E-state index contributed by atoms with van der Waals surface area (Å²) in [6.07, 6.45) is -3.06. The molecule has 1 aliphatic rings. The monoisotopic (exact) mass is 590 g/mol. The van der Waals surface area contributed by atoms with Gasteiger partial charge in [0, 0.05) is 30.1 Å². The Labute approximate surface area is 243 Å². The SMILES string of the molecule is Cc1ccc(NC(=O)c2cccc(C(F)(F)F)c2)cc1N1Cc2cnc(N(NC(N)=O)c3ccccc3)nc2N(C)C1=O. The van der Waals surface area contributed by atoms with Crippen LogP contribution < -0.4 is 31.3 Å². The molecule has 2 heterocycles. The van der Waals surface area contributed by atoms with Gasteiger partial charge in [-0.15, -0.1) is 0 Å². The summed E-state index contributed by atoms with van der Waals surface area (Å²) < 4.78 is 39.4. The van der Waals surface area contributed by atoms with Crippen LogP contribution in [0.4, 0.5) is 51.6 Å². The van der Waals surface area contributed by atoms with Gasteiger partial charge in [-0.2, -0.15) is 18.2 Å². The van der Waals surface area contributed by atoms with Crippen LogP contribution in [0.2, 0.25) is 0 Å². The van der Waals surface area contributed by atoms with Crippen molar-refractivity contribution in [1.82, 2.24) is 15.4 Å². The Hall–Kier alpha value is -5.66. The third kappa shape index (κ3) is 6.02. The number of hydrogen-bond acceptors (Lipinski definition) is 6. The lowest BCUT2D eigenvalue weighted by molar-refractivity contribution is -0.137. The first-order chi connectivity index (χ1) is 20.4. The van der Waals surface area contributed by atoms with E-state index >= 15 is 0 Å². The zero-order valence-electron chi connectivity index (χ0n) is 22.9. The minimum Gasteiger partial charge on any atom is -0.350 e. The fourth-order valence-electron chi connectivity index (χ4n) is 4.53. The Balaban J connectivity index is 1.42. The van der Waals surface area contributed by atoms with Gasteiger partial charge >= 0.3 is 18.2 Å². The molecule has 1 aliphatic heterocycles. The standard InChI is InChI=1S/C29H25F3N8O3/c1-17-11-12-21(35-25(41)18-7-6-8-20(13-18)29(30,31)32)14-23(17)39-16-19-15-34-27(36-24(19)38(2)28(39)43)40(37-26(33)42)22-9-4-3-5-10-22/h3-15H,16H2,1-2H3,(H,35,41)(H3,33,37,42). The van der Waals surface area contributed by atoms with Gasteiger partial charge in [0.25, 0.3) is 11.9 Å². The van der Waals surface area contributed by atoms with Gasteiger partial charge in [-0.1, -0.05) is 30.3 Å². The van der Waals surface area contributed by atoms with Crippen molar-refractivity contribution in [3.05, 3.63) is 101 Å². The zero-order valence-corrected chi connectivity index (χ0v) is 22.9. The van der Waals surface area contributed by atoms with Gasteiger partial charge in [0.2, 0.25) is 0 Å². The molecular weight excluding hydrogens is 565 g/mol. The molecule has 0 saturated carbocycles. The number of nitrogens with one attached hydrogen (secondary N) is 2. The van der Waals surface area contributed by atoms with E-state index in [1.54, 1.807) is 55.5 Å². The second-order valence-electron chi connectivity index (χ2n) is 9.63. The van der Waals surface area contributed by atoms with Gasteiger partial charge in [-0.3, -0.25) is 14.6 Å². The Bertz CT molecular complexity index is 1720. The molecule has 0 saturated heterocycles. The number of hydrogen-bond donors (Lipinski definition) is 3. The summed E-state index contributed by atoms with van der Waals surface area (Å²) in [6.45, 7) is 1.86. The highest BCUT2D eigenvalue weighted by molar-refractivity contribution is 6.07.